The highest BCUT2D eigenvalue weighted by atomic mass is 32.2. The molecule has 1 saturated heterocycles. The van der Waals surface area contributed by atoms with Crippen LogP contribution in [0.1, 0.15) is 0 Å². The minimum absolute atomic E-state index is 0.221. The van der Waals surface area contributed by atoms with Gasteiger partial charge in [0.1, 0.15) is 7.11 Å². The van der Waals surface area contributed by atoms with Gasteiger partial charge in [-0.2, -0.15) is 0 Å². The van der Waals surface area contributed by atoms with Gasteiger partial charge >= 0.3 is 0 Å². The van der Waals surface area contributed by atoms with E-state index in [1.54, 1.807) is 11.8 Å². The van der Waals surface area contributed by atoms with Crippen LogP contribution in [0.3, 0.4) is 0 Å². The van der Waals surface area contributed by atoms with Crippen molar-refractivity contribution < 1.29 is 10.0 Å². The fraction of sp³-hybridized carbons (Fsp3) is 0.600. The fourth-order valence-electron chi connectivity index (χ4n) is 0.621. The van der Waals surface area contributed by atoms with Crippen molar-refractivity contribution in [3.63, 3.8) is 0 Å². The summed E-state index contributed by atoms with van der Waals surface area (Å²) >= 11 is 3.14. The second kappa shape index (κ2) is 4.50. The Labute approximate surface area is 73.0 Å². The molecule has 1 rings (SSSR count). The largest absolute Gasteiger partial charge is 0.411 e. The third-order valence-electron chi connectivity index (χ3n) is 1.02. The summed E-state index contributed by atoms with van der Waals surface area (Å²) in [7, 11) is 1.52. The van der Waals surface area contributed by atoms with E-state index in [-0.39, 0.29) is 5.25 Å². The Bertz CT molecular complexity index is 183. The Morgan fingerprint density at radius 2 is 2.64 bits per heavy atom. The Morgan fingerprint density at radius 1 is 1.82 bits per heavy atom. The molecule has 1 aliphatic rings. The molecule has 1 aliphatic heterocycles. The summed E-state index contributed by atoms with van der Waals surface area (Å²) in [6, 6.07) is 0. The molecule has 1 unspecified atom stereocenters. The molecule has 1 N–H and O–H groups in total. The summed E-state index contributed by atoms with van der Waals surface area (Å²) in [5, 5.41) is 15.2. The molecule has 0 radical (unpaired) electrons. The number of oxime groups is 2. The molecule has 4 nitrogen and oxygen atoms in total. The highest BCUT2D eigenvalue weighted by molar-refractivity contribution is 8.42. The number of rotatable bonds is 2. The molecule has 1 fully saturated rings. The summed E-state index contributed by atoms with van der Waals surface area (Å²) in [4.78, 5) is 4.59. The molecule has 0 aliphatic carbocycles. The normalized spacial score (nSPS) is 28.5. The zero-order valence-electron chi connectivity index (χ0n) is 5.93. The van der Waals surface area contributed by atoms with E-state index in [2.05, 4.69) is 15.1 Å². The standard InChI is InChI=1S/C5H8N2O2S2/c1-9-7-5-10-3-4(11-5)2-6-8/h2,4,8H,3H2,1H3. The van der Waals surface area contributed by atoms with Gasteiger partial charge in [0.2, 0.25) is 0 Å². The molecule has 0 saturated carbocycles. The van der Waals surface area contributed by atoms with Crippen molar-refractivity contribution in [1.82, 2.24) is 0 Å². The highest BCUT2D eigenvalue weighted by Crippen LogP contribution is 2.31. The monoisotopic (exact) mass is 192 g/mol. The van der Waals surface area contributed by atoms with Crippen molar-refractivity contribution in [2.45, 2.75) is 5.25 Å². The average Bonchev–Trinajstić information content (AvgIpc) is 2.38. The van der Waals surface area contributed by atoms with Crippen molar-refractivity contribution in [2.75, 3.05) is 12.9 Å². The molecule has 0 aromatic heterocycles. The van der Waals surface area contributed by atoms with Crippen LogP contribution < -0.4 is 0 Å². The van der Waals surface area contributed by atoms with Crippen LogP contribution in [-0.2, 0) is 4.84 Å². The van der Waals surface area contributed by atoms with E-state index < -0.39 is 0 Å². The van der Waals surface area contributed by atoms with Crippen molar-refractivity contribution in [3.05, 3.63) is 0 Å². The van der Waals surface area contributed by atoms with Gasteiger partial charge in [-0.1, -0.05) is 28.7 Å². The summed E-state index contributed by atoms with van der Waals surface area (Å²) < 4.78 is 0.886. The quantitative estimate of drug-likeness (QED) is 0.406. The Morgan fingerprint density at radius 3 is 3.27 bits per heavy atom. The number of hydrogen-bond donors (Lipinski definition) is 1. The first-order valence-corrected chi connectivity index (χ1v) is 4.81. The van der Waals surface area contributed by atoms with E-state index in [4.69, 9.17) is 5.21 Å². The van der Waals surface area contributed by atoms with Gasteiger partial charge in [-0.05, 0) is 0 Å². The van der Waals surface area contributed by atoms with Crippen molar-refractivity contribution in [2.24, 2.45) is 10.3 Å². The van der Waals surface area contributed by atoms with Crippen LogP contribution in [-0.4, -0.2) is 33.9 Å². The highest BCUT2D eigenvalue weighted by Gasteiger charge is 2.21. The molecule has 1 heterocycles. The maximum Gasteiger partial charge on any atom is 0.170 e. The minimum Gasteiger partial charge on any atom is -0.411 e. The van der Waals surface area contributed by atoms with Gasteiger partial charge in [0.25, 0.3) is 0 Å². The van der Waals surface area contributed by atoms with Gasteiger partial charge in [0.15, 0.2) is 4.38 Å². The van der Waals surface area contributed by atoms with E-state index >= 15 is 0 Å². The zero-order chi connectivity index (χ0) is 8.10. The number of thioether (sulfide) groups is 2. The third kappa shape index (κ3) is 2.63. The minimum atomic E-state index is 0.221. The van der Waals surface area contributed by atoms with Crippen LogP contribution in [0.4, 0.5) is 0 Å². The maximum atomic E-state index is 8.22. The van der Waals surface area contributed by atoms with Gasteiger partial charge < -0.3 is 10.0 Å². The first kappa shape index (κ1) is 8.73. The van der Waals surface area contributed by atoms with Gasteiger partial charge in [0, 0.05) is 5.75 Å². The van der Waals surface area contributed by atoms with Crippen LogP contribution in [0, 0.1) is 0 Å². The second-order valence-electron chi connectivity index (χ2n) is 1.77. The molecule has 0 aromatic carbocycles. The first-order chi connectivity index (χ1) is 5.36. The summed E-state index contributed by atoms with van der Waals surface area (Å²) in [6.45, 7) is 0. The summed E-state index contributed by atoms with van der Waals surface area (Å²) in [5.74, 6) is 0.886. The number of hydrogen-bond acceptors (Lipinski definition) is 6. The molecule has 0 aromatic rings. The molecule has 1 atom stereocenters. The lowest BCUT2D eigenvalue weighted by Gasteiger charge is -1.93. The summed E-state index contributed by atoms with van der Waals surface area (Å²) in [6.07, 6.45) is 1.50. The predicted octanol–water partition coefficient (Wildman–Crippen LogP) is 1.21. The van der Waals surface area contributed by atoms with E-state index in [9.17, 15) is 0 Å². The van der Waals surface area contributed by atoms with Crippen molar-refractivity contribution in [1.29, 1.82) is 0 Å². The zero-order valence-corrected chi connectivity index (χ0v) is 7.56. The van der Waals surface area contributed by atoms with Gasteiger partial charge in [-0.25, -0.2) is 0 Å². The van der Waals surface area contributed by atoms with Crippen LogP contribution >= 0.6 is 23.5 Å². The molecule has 6 heteroatoms. The maximum absolute atomic E-state index is 8.22. The Balaban J connectivity index is 2.40. The van der Waals surface area contributed by atoms with E-state index in [0.29, 0.717) is 0 Å². The molecule has 0 bridgehead atoms. The molecule has 11 heavy (non-hydrogen) atoms. The third-order valence-corrected chi connectivity index (χ3v) is 3.59. The SMILES string of the molecule is CON=C1SCC(C=NO)S1. The van der Waals surface area contributed by atoms with Gasteiger partial charge in [-0.3, -0.25) is 0 Å². The van der Waals surface area contributed by atoms with Crippen LogP contribution in [0.5, 0.6) is 0 Å². The Hall–Kier alpha value is -0.360. The topological polar surface area (TPSA) is 54.2 Å². The predicted molar refractivity (Wildman–Crippen MR) is 48.6 cm³/mol. The van der Waals surface area contributed by atoms with E-state index in [1.807, 2.05) is 0 Å². The first-order valence-electron chi connectivity index (χ1n) is 2.95. The fourth-order valence-corrected chi connectivity index (χ4v) is 2.96. The Kier molecular flexibility index (Phi) is 3.58. The smallest absolute Gasteiger partial charge is 0.170 e. The second-order valence-corrected chi connectivity index (χ2v) is 4.27. The van der Waals surface area contributed by atoms with Crippen LogP contribution in [0.15, 0.2) is 10.3 Å². The summed E-state index contributed by atoms with van der Waals surface area (Å²) in [5.41, 5.74) is 0. The molecular formula is C5H8N2O2S2. The van der Waals surface area contributed by atoms with E-state index in [1.165, 1.54) is 25.1 Å². The molecule has 0 amide bonds. The lowest BCUT2D eigenvalue weighted by molar-refractivity contribution is 0.216. The van der Waals surface area contributed by atoms with Crippen molar-refractivity contribution >= 4 is 34.1 Å². The molecule has 62 valence electrons. The molecule has 0 spiro atoms. The van der Waals surface area contributed by atoms with Crippen molar-refractivity contribution in [3.8, 4) is 0 Å². The van der Waals surface area contributed by atoms with Crippen LogP contribution in [0.2, 0.25) is 0 Å². The average molecular weight is 192 g/mol. The van der Waals surface area contributed by atoms with Gasteiger partial charge in [0.05, 0.1) is 11.5 Å². The lowest BCUT2D eigenvalue weighted by Crippen LogP contribution is -2.01. The lowest BCUT2D eigenvalue weighted by atomic mass is 10.5. The van der Waals surface area contributed by atoms with E-state index in [0.717, 1.165) is 10.1 Å². The number of nitrogens with zero attached hydrogens (tertiary/aromatic N) is 2. The molecular weight excluding hydrogens is 184 g/mol. The van der Waals surface area contributed by atoms with Gasteiger partial charge in [-0.15, -0.1) is 5.16 Å². The van der Waals surface area contributed by atoms with Crippen LogP contribution in [0.25, 0.3) is 0 Å².